The monoisotopic (exact) mass is 312 g/mol. The fourth-order valence-corrected chi connectivity index (χ4v) is 2.18. The van der Waals surface area contributed by atoms with Gasteiger partial charge < -0.3 is 5.11 Å². The molecule has 0 spiro atoms. The third kappa shape index (κ3) is 3.75. The van der Waals surface area contributed by atoms with Crippen LogP contribution < -0.4 is 0 Å². The van der Waals surface area contributed by atoms with Crippen LogP contribution in [0.3, 0.4) is 0 Å². The lowest BCUT2D eigenvalue weighted by Crippen LogP contribution is -2.16. The Bertz CT molecular complexity index is 647. The zero-order valence-corrected chi connectivity index (χ0v) is 12.1. The molecule has 1 unspecified atom stereocenters. The fourth-order valence-electron chi connectivity index (χ4n) is 2.02. The molecule has 2 rings (SSSR count). The molecule has 21 heavy (non-hydrogen) atoms. The number of benzene rings is 1. The van der Waals surface area contributed by atoms with Crippen LogP contribution >= 0.6 is 11.6 Å². The van der Waals surface area contributed by atoms with Crippen molar-refractivity contribution in [2.24, 2.45) is 5.92 Å². The number of tetrazole rings is 1. The third-order valence-electron chi connectivity index (χ3n) is 3.18. The van der Waals surface area contributed by atoms with Gasteiger partial charge in [0, 0.05) is 18.0 Å². The van der Waals surface area contributed by atoms with Gasteiger partial charge in [-0.15, -0.1) is 5.10 Å². The molecule has 0 radical (unpaired) electrons. The van der Waals surface area contributed by atoms with Gasteiger partial charge in [-0.1, -0.05) is 24.9 Å². The molecule has 0 aliphatic carbocycles. The molecule has 8 heteroatoms. The lowest BCUT2D eigenvalue weighted by Gasteiger charge is -2.13. The molecule has 112 valence electrons. The number of carboxylic acid groups (broad SMARTS) is 1. The second-order valence-electron chi connectivity index (χ2n) is 4.68. The van der Waals surface area contributed by atoms with E-state index >= 15 is 0 Å². The summed E-state index contributed by atoms with van der Waals surface area (Å²) in [5.74, 6) is -1.27. The number of rotatable bonds is 6. The van der Waals surface area contributed by atoms with Crippen LogP contribution in [0.1, 0.15) is 19.8 Å². The van der Waals surface area contributed by atoms with Crippen molar-refractivity contribution in [3.05, 3.63) is 29.0 Å². The van der Waals surface area contributed by atoms with Crippen molar-refractivity contribution in [1.29, 1.82) is 0 Å². The SMILES string of the molecule is CCC(CC(=O)O)Cn1nnnc1-c1ccc(Cl)cc1F. The molecule has 0 saturated carbocycles. The zero-order chi connectivity index (χ0) is 15.4. The number of halogens is 2. The minimum Gasteiger partial charge on any atom is -0.481 e. The molecule has 6 nitrogen and oxygen atoms in total. The zero-order valence-electron chi connectivity index (χ0n) is 11.3. The van der Waals surface area contributed by atoms with E-state index in [1.165, 1.54) is 16.8 Å². The van der Waals surface area contributed by atoms with Crippen LogP contribution in [0.2, 0.25) is 5.02 Å². The maximum atomic E-state index is 13.9. The highest BCUT2D eigenvalue weighted by Crippen LogP contribution is 2.24. The summed E-state index contributed by atoms with van der Waals surface area (Å²) in [4.78, 5) is 10.8. The Hall–Kier alpha value is -2.02. The van der Waals surface area contributed by atoms with Gasteiger partial charge >= 0.3 is 5.97 Å². The quantitative estimate of drug-likeness (QED) is 0.886. The summed E-state index contributed by atoms with van der Waals surface area (Å²) in [6, 6.07) is 4.23. The molecule has 0 aliphatic heterocycles. The van der Waals surface area contributed by atoms with Crippen molar-refractivity contribution in [1.82, 2.24) is 20.2 Å². The fraction of sp³-hybridized carbons (Fsp3) is 0.385. The Morgan fingerprint density at radius 3 is 2.90 bits per heavy atom. The summed E-state index contributed by atoms with van der Waals surface area (Å²) < 4.78 is 15.4. The van der Waals surface area contributed by atoms with Crippen LogP contribution in [0.4, 0.5) is 4.39 Å². The van der Waals surface area contributed by atoms with E-state index in [0.717, 1.165) is 0 Å². The van der Waals surface area contributed by atoms with Gasteiger partial charge in [0.25, 0.3) is 0 Å². The van der Waals surface area contributed by atoms with Gasteiger partial charge in [0.1, 0.15) is 5.82 Å². The first-order chi connectivity index (χ1) is 10.0. The predicted octanol–water partition coefficient (Wildman–Crippen LogP) is 2.63. The molecule has 1 aromatic carbocycles. The van der Waals surface area contributed by atoms with Gasteiger partial charge in [0.2, 0.25) is 0 Å². The molecular weight excluding hydrogens is 299 g/mol. The van der Waals surface area contributed by atoms with Crippen LogP contribution in [0.5, 0.6) is 0 Å². The summed E-state index contributed by atoms with van der Waals surface area (Å²) in [7, 11) is 0. The number of hydrogen-bond donors (Lipinski definition) is 1. The standard InChI is InChI=1S/C13H14ClFN4O2/c1-2-8(5-12(20)21)7-19-13(16-17-18-19)10-4-3-9(14)6-11(10)15/h3-4,6,8H,2,5,7H2,1H3,(H,20,21). The first kappa shape index (κ1) is 15.4. The van der Waals surface area contributed by atoms with Gasteiger partial charge in [-0.3, -0.25) is 4.79 Å². The van der Waals surface area contributed by atoms with Crippen LogP contribution in [0.25, 0.3) is 11.4 Å². The van der Waals surface area contributed by atoms with Crippen molar-refractivity contribution in [3.8, 4) is 11.4 Å². The van der Waals surface area contributed by atoms with Crippen LogP contribution in [-0.4, -0.2) is 31.3 Å². The number of hydrogen-bond acceptors (Lipinski definition) is 4. The molecule has 0 amide bonds. The molecule has 0 fully saturated rings. The normalized spacial score (nSPS) is 12.3. The first-order valence-corrected chi connectivity index (χ1v) is 6.82. The van der Waals surface area contributed by atoms with E-state index in [9.17, 15) is 9.18 Å². The van der Waals surface area contributed by atoms with Gasteiger partial charge in [-0.25, -0.2) is 9.07 Å². The molecule has 0 bridgehead atoms. The predicted molar refractivity (Wildman–Crippen MR) is 74.3 cm³/mol. The van der Waals surface area contributed by atoms with E-state index in [4.69, 9.17) is 16.7 Å². The highest BCUT2D eigenvalue weighted by molar-refractivity contribution is 6.30. The number of carboxylic acids is 1. The number of aromatic nitrogens is 4. The number of aliphatic carboxylic acids is 1. The van der Waals surface area contributed by atoms with Crippen molar-refractivity contribution in [3.63, 3.8) is 0 Å². The molecule has 1 N–H and O–H groups in total. The topological polar surface area (TPSA) is 80.9 Å². The van der Waals surface area contributed by atoms with E-state index in [2.05, 4.69) is 15.5 Å². The maximum Gasteiger partial charge on any atom is 0.303 e. The van der Waals surface area contributed by atoms with E-state index in [1.54, 1.807) is 6.07 Å². The Kier molecular flexibility index (Phi) is 4.85. The van der Waals surface area contributed by atoms with Crippen LogP contribution in [-0.2, 0) is 11.3 Å². The summed E-state index contributed by atoms with van der Waals surface area (Å²) in [6.07, 6.45) is 0.674. The Labute approximate surface area is 125 Å². The Balaban J connectivity index is 2.27. The smallest absolute Gasteiger partial charge is 0.303 e. The average Bonchev–Trinajstić information content (AvgIpc) is 2.85. The third-order valence-corrected chi connectivity index (χ3v) is 3.41. The Morgan fingerprint density at radius 2 is 2.29 bits per heavy atom. The molecular formula is C13H14ClFN4O2. The van der Waals surface area contributed by atoms with Crippen molar-refractivity contribution in [2.45, 2.75) is 26.3 Å². The van der Waals surface area contributed by atoms with E-state index in [0.29, 0.717) is 13.0 Å². The van der Waals surface area contributed by atoms with Crippen LogP contribution in [0.15, 0.2) is 18.2 Å². The lowest BCUT2D eigenvalue weighted by atomic mass is 10.0. The summed E-state index contributed by atoms with van der Waals surface area (Å²) in [6.45, 7) is 2.20. The second-order valence-corrected chi connectivity index (χ2v) is 5.12. The summed E-state index contributed by atoms with van der Waals surface area (Å²) in [5.41, 5.74) is 0.231. The minimum atomic E-state index is -0.880. The van der Waals surface area contributed by atoms with Gasteiger partial charge in [0.15, 0.2) is 5.82 Å². The Morgan fingerprint density at radius 1 is 1.52 bits per heavy atom. The molecule has 1 heterocycles. The van der Waals surface area contributed by atoms with Gasteiger partial charge in [-0.05, 0) is 34.5 Å². The van der Waals surface area contributed by atoms with Crippen molar-refractivity contribution >= 4 is 17.6 Å². The van der Waals surface area contributed by atoms with Crippen molar-refractivity contribution in [2.75, 3.05) is 0 Å². The molecule has 1 aromatic heterocycles. The molecule has 0 saturated heterocycles. The molecule has 1 atom stereocenters. The lowest BCUT2D eigenvalue weighted by molar-refractivity contribution is -0.138. The van der Waals surface area contributed by atoms with Gasteiger partial charge in [0.05, 0.1) is 5.56 Å². The summed E-state index contributed by atoms with van der Waals surface area (Å²) >= 11 is 5.72. The van der Waals surface area contributed by atoms with Crippen LogP contribution in [0, 0.1) is 11.7 Å². The number of nitrogens with zero attached hydrogens (tertiary/aromatic N) is 4. The minimum absolute atomic E-state index is 0.0128. The van der Waals surface area contributed by atoms with E-state index < -0.39 is 11.8 Å². The average molecular weight is 313 g/mol. The molecule has 0 aliphatic rings. The highest BCUT2D eigenvalue weighted by atomic mass is 35.5. The highest BCUT2D eigenvalue weighted by Gasteiger charge is 2.18. The number of carbonyl (C=O) groups is 1. The van der Waals surface area contributed by atoms with E-state index in [1.807, 2.05) is 6.92 Å². The van der Waals surface area contributed by atoms with Gasteiger partial charge in [-0.2, -0.15) is 0 Å². The first-order valence-electron chi connectivity index (χ1n) is 6.44. The summed E-state index contributed by atoms with van der Waals surface area (Å²) in [5, 5.41) is 20.3. The maximum absolute atomic E-state index is 13.9. The van der Waals surface area contributed by atoms with Crippen molar-refractivity contribution < 1.29 is 14.3 Å². The molecule has 2 aromatic rings. The van der Waals surface area contributed by atoms with E-state index in [-0.39, 0.29) is 28.7 Å². The second kappa shape index (κ2) is 6.62. The largest absolute Gasteiger partial charge is 0.481 e.